The summed E-state index contributed by atoms with van der Waals surface area (Å²) in [7, 11) is 0. The van der Waals surface area contributed by atoms with Crippen LogP contribution in [-0.4, -0.2) is 12.5 Å². The predicted molar refractivity (Wildman–Crippen MR) is 103 cm³/mol. The molecular weight excluding hydrogens is 343 g/mol. The summed E-state index contributed by atoms with van der Waals surface area (Å²) in [4.78, 5) is 12.2. The normalized spacial score (nSPS) is 12.8. The van der Waals surface area contributed by atoms with E-state index in [-0.39, 0.29) is 30.3 Å². The fourth-order valence-electron chi connectivity index (χ4n) is 2.44. The van der Waals surface area contributed by atoms with E-state index in [1.165, 1.54) is 5.56 Å². The zero-order chi connectivity index (χ0) is 16.7. The summed E-state index contributed by atoms with van der Waals surface area (Å²) in [5.74, 6) is -0.259. The Morgan fingerprint density at radius 2 is 1.75 bits per heavy atom. The summed E-state index contributed by atoms with van der Waals surface area (Å²) in [6.07, 6.45) is 1.80. The Balaban J connectivity index is 0.00000288. The van der Waals surface area contributed by atoms with Gasteiger partial charge in [-0.25, -0.2) is 0 Å². The molecule has 0 aromatic heterocycles. The van der Waals surface area contributed by atoms with E-state index in [0.29, 0.717) is 6.54 Å². The van der Waals surface area contributed by atoms with Crippen molar-refractivity contribution in [2.75, 3.05) is 6.54 Å². The molecule has 0 bridgehead atoms. The number of aryl methyl sites for hydroxylation is 1. The van der Waals surface area contributed by atoms with E-state index in [2.05, 4.69) is 5.32 Å². The largest absolute Gasteiger partial charge is 0.356 e. The van der Waals surface area contributed by atoms with Gasteiger partial charge in [-0.15, -0.1) is 12.4 Å². The molecule has 0 saturated carbocycles. The standard InChI is InChI=1S/C19H23ClN2O.ClH/c1-14(18(21)16-7-3-2-4-8-16)19(23)22-13-5-6-15-9-11-17(20)12-10-15;/h2-4,7-12,14,18H,5-6,13,21H2,1H3,(H,22,23);1H. The SMILES string of the molecule is CC(C(=O)NCCCc1ccc(Cl)cc1)C(N)c1ccccc1.Cl. The third-order valence-electron chi connectivity index (χ3n) is 3.99. The van der Waals surface area contributed by atoms with Crippen molar-refractivity contribution < 1.29 is 4.79 Å². The van der Waals surface area contributed by atoms with E-state index >= 15 is 0 Å². The number of carbonyl (C=O) groups is 1. The van der Waals surface area contributed by atoms with Crippen LogP contribution in [0.15, 0.2) is 54.6 Å². The lowest BCUT2D eigenvalue weighted by atomic mass is 9.94. The van der Waals surface area contributed by atoms with Crippen LogP contribution in [0.3, 0.4) is 0 Å². The predicted octanol–water partition coefficient (Wildman–Crippen LogP) is 4.15. The van der Waals surface area contributed by atoms with E-state index in [4.69, 9.17) is 17.3 Å². The molecule has 0 saturated heterocycles. The summed E-state index contributed by atoms with van der Waals surface area (Å²) in [5.41, 5.74) is 8.38. The minimum absolute atomic E-state index is 0. The molecule has 0 aliphatic carbocycles. The molecule has 5 heteroatoms. The van der Waals surface area contributed by atoms with Gasteiger partial charge in [-0.05, 0) is 36.1 Å². The van der Waals surface area contributed by atoms with Crippen molar-refractivity contribution in [1.29, 1.82) is 0 Å². The van der Waals surface area contributed by atoms with Crippen molar-refractivity contribution in [3.8, 4) is 0 Å². The van der Waals surface area contributed by atoms with Crippen LogP contribution < -0.4 is 11.1 Å². The number of amides is 1. The van der Waals surface area contributed by atoms with Gasteiger partial charge >= 0.3 is 0 Å². The van der Waals surface area contributed by atoms with Crippen LogP contribution >= 0.6 is 24.0 Å². The molecular formula is C19H24Cl2N2O. The Kier molecular flexibility index (Phi) is 8.83. The highest BCUT2D eigenvalue weighted by molar-refractivity contribution is 6.30. The molecule has 2 atom stereocenters. The van der Waals surface area contributed by atoms with Crippen LogP contribution in [0.4, 0.5) is 0 Å². The van der Waals surface area contributed by atoms with Gasteiger partial charge in [0, 0.05) is 17.6 Å². The van der Waals surface area contributed by atoms with Crippen LogP contribution in [0.25, 0.3) is 0 Å². The highest BCUT2D eigenvalue weighted by atomic mass is 35.5. The molecule has 3 nitrogen and oxygen atoms in total. The monoisotopic (exact) mass is 366 g/mol. The van der Waals surface area contributed by atoms with Crippen molar-refractivity contribution in [2.45, 2.75) is 25.8 Å². The lowest BCUT2D eigenvalue weighted by Gasteiger charge is -2.19. The molecule has 0 spiro atoms. The van der Waals surface area contributed by atoms with Gasteiger partial charge in [-0.3, -0.25) is 4.79 Å². The Labute approximate surface area is 155 Å². The Bertz CT molecular complexity index is 617. The number of carbonyl (C=O) groups excluding carboxylic acids is 1. The maximum Gasteiger partial charge on any atom is 0.224 e. The third-order valence-corrected chi connectivity index (χ3v) is 4.24. The van der Waals surface area contributed by atoms with Gasteiger partial charge in [0.1, 0.15) is 0 Å². The van der Waals surface area contributed by atoms with E-state index < -0.39 is 0 Å². The summed E-state index contributed by atoms with van der Waals surface area (Å²) >= 11 is 5.86. The van der Waals surface area contributed by atoms with Gasteiger partial charge in [-0.1, -0.05) is 61.0 Å². The fraction of sp³-hybridized carbons (Fsp3) is 0.316. The molecule has 2 rings (SSSR count). The molecule has 0 aliphatic rings. The summed E-state index contributed by atoms with van der Waals surface area (Å²) in [6.45, 7) is 2.51. The molecule has 130 valence electrons. The Morgan fingerprint density at radius 1 is 1.12 bits per heavy atom. The lowest BCUT2D eigenvalue weighted by molar-refractivity contribution is -0.125. The second-order valence-electron chi connectivity index (χ2n) is 5.75. The van der Waals surface area contributed by atoms with E-state index in [9.17, 15) is 4.79 Å². The number of nitrogens with one attached hydrogen (secondary N) is 1. The van der Waals surface area contributed by atoms with Crippen LogP contribution in [0.2, 0.25) is 5.02 Å². The van der Waals surface area contributed by atoms with Crippen molar-refractivity contribution in [3.05, 3.63) is 70.7 Å². The maximum absolute atomic E-state index is 12.2. The second kappa shape index (κ2) is 10.3. The molecule has 1 amide bonds. The van der Waals surface area contributed by atoms with Gasteiger partial charge in [0.15, 0.2) is 0 Å². The minimum Gasteiger partial charge on any atom is -0.356 e. The molecule has 2 aromatic carbocycles. The van der Waals surface area contributed by atoms with Crippen LogP contribution in [0, 0.1) is 5.92 Å². The zero-order valence-electron chi connectivity index (χ0n) is 13.7. The van der Waals surface area contributed by atoms with Crippen LogP contribution in [-0.2, 0) is 11.2 Å². The first-order valence-corrected chi connectivity index (χ1v) is 8.28. The highest BCUT2D eigenvalue weighted by Crippen LogP contribution is 2.19. The zero-order valence-corrected chi connectivity index (χ0v) is 15.3. The van der Waals surface area contributed by atoms with Gasteiger partial charge in [0.25, 0.3) is 0 Å². The van der Waals surface area contributed by atoms with E-state index in [1.54, 1.807) is 0 Å². The first kappa shape index (κ1) is 20.5. The molecule has 2 aromatic rings. The van der Waals surface area contributed by atoms with Gasteiger partial charge in [0.2, 0.25) is 5.91 Å². The average Bonchev–Trinajstić information content (AvgIpc) is 2.59. The second-order valence-corrected chi connectivity index (χ2v) is 6.18. The van der Waals surface area contributed by atoms with Crippen LogP contribution in [0.5, 0.6) is 0 Å². The van der Waals surface area contributed by atoms with Crippen molar-refractivity contribution in [3.63, 3.8) is 0 Å². The van der Waals surface area contributed by atoms with Gasteiger partial charge in [0.05, 0.1) is 5.92 Å². The molecule has 2 unspecified atom stereocenters. The maximum atomic E-state index is 12.2. The van der Waals surface area contributed by atoms with Gasteiger partial charge < -0.3 is 11.1 Å². The number of rotatable bonds is 7. The molecule has 24 heavy (non-hydrogen) atoms. The third kappa shape index (κ3) is 6.16. The number of hydrogen-bond acceptors (Lipinski definition) is 2. The number of halogens is 2. The smallest absolute Gasteiger partial charge is 0.224 e. The first-order chi connectivity index (χ1) is 11.1. The average molecular weight is 367 g/mol. The van der Waals surface area contributed by atoms with Crippen molar-refractivity contribution >= 4 is 29.9 Å². The summed E-state index contributed by atoms with van der Waals surface area (Å²) in [6, 6.07) is 17.2. The molecule has 0 heterocycles. The number of benzene rings is 2. The number of nitrogens with two attached hydrogens (primary N) is 1. The molecule has 0 radical (unpaired) electrons. The molecule has 3 N–H and O–H groups in total. The topological polar surface area (TPSA) is 55.1 Å². The van der Waals surface area contributed by atoms with Crippen molar-refractivity contribution in [1.82, 2.24) is 5.32 Å². The summed E-state index contributed by atoms with van der Waals surface area (Å²) < 4.78 is 0. The van der Waals surface area contributed by atoms with E-state index in [1.807, 2.05) is 61.5 Å². The molecule has 0 aliphatic heterocycles. The number of hydrogen-bond donors (Lipinski definition) is 2. The first-order valence-electron chi connectivity index (χ1n) is 7.90. The minimum atomic E-state index is -0.285. The Hall–Kier alpha value is -1.55. The highest BCUT2D eigenvalue weighted by Gasteiger charge is 2.21. The Morgan fingerprint density at radius 3 is 2.38 bits per heavy atom. The van der Waals surface area contributed by atoms with Gasteiger partial charge in [-0.2, -0.15) is 0 Å². The van der Waals surface area contributed by atoms with Crippen LogP contribution in [0.1, 0.15) is 30.5 Å². The van der Waals surface area contributed by atoms with E-state index in [0.717, 1.165) is 23.4 Å². The van der Waals surface area contributed by atoms with Crippen molar-refractivity contribution in [2.24, 2.45) is 11.7 Å². The lowest BCUT2D eigenvalue weighted by Crippen LogP contribution is -2.36. The quantitative estimate of drug-likeness (QED) is 0.723. The fourth-order valence-corrected chi connectivity index (χ4v) is 2.57. The molecule has 0 fully saturated rings. The summed E-state index contributed by atoms with van der Waals surface area (Å²) in [5, 5.41) is 3.71.